The van der Waals surface area contributed by atoms with Crippen LogP contribution in [0.2, 0.25) is 0 Å². The molecule has 1 aromatic heterocycles. The first-order valence-corrected chi connectivity index (χ1v) is 8.58. The summed E-state index contributed by atoms with van der Waals surface area (Å²) in [5.41, 5.74) is 1.53. The first-order valence-electron chi connectivity index (χ1n) is 8.58. The fourth-order valence-electron chi connectivity index (χ4n) is 2.83. The molecule has 134 valence electrons. The van der Waals surface area contributed by atoms with Crippen LogP contribution in [0.25, 0.3) is 5.69 Å². The molecule has 0 spiro atoms. The van der Waals surface area contributed by atoms with Gasteiger partial charge in [-0.2, -0.15) is 5.10 Å². The molecule has 1 heterocycles. The minimum Gasteiger partial charge on any atom is -0.389 e. The molecule has 0 unspecified atom stereocenters. The number of benzene rings is 2. The van der Waals surface area contributed by atoms with E-state index >= 15 is 0 Å². The summed E-state index contributed by atoms with van der Waals surface area (Å²) in [5, 5.41) is 14.4. The summed E-state index contributed by atoms with van der Waals surface area (Å²) in [6.45, 7) is 4.12. The van der Waals surface area contributed by atoms with Crippen molar-refractivity contribution in [3.8, 4) is 5.69 Å². The van der Waals surface area contributed by atoms with E-state index < -0.39 is 5.60 Å². The van der Waals surface area contributed by atoms with Gasteiger partial charge in [-0.15, -0.1) is 0 Å². The molecule has 1 N–H and O–H groups in total. The number of hydrogen-bond donors (Lipinski definition) is 1. The number of aromatic nitrogens is 2. The van der Waals surface area contributed by atoms with E-state index in [0.717, 1.165) is 11.3 Å². The lowest BCUT2D eigenvalue weighted by Gasteiger charge is -2.29. The Bertz CT molecular complexity index is 835. The van der Waals surface area contributed by atoms with Crippen LogP contribution in [-0.2, 0) is 6.54 Å². The van der Waals surface area contributed by atoms with Gasteiger partial charge in [-0.3, -0.25) is 4.79 Å². The number of nitrogens with zero attached hydrogens (tertiary/aromatic N) is 3. The molecule has 0 radical (unpaired) electrons. The standard InChI is InChI=1S/C21H23N3O2/c1-21(2,26)16-23(15-17-7-4-3-5-8-17)20(25)18-9-11-19(12-10-18)24-14-6-13-22-24/h3-14,26H,15-16H2,1-2H3. The zero-order chi connectivity index (χ0) is 18.6. The van der Waals surface area contributed by atoms with Crippen LogP contribution in [0.1, 0.15) is 29.8 Å². The van der Waals surface area contributed by atoms with Gasteiger partial charge in [-0.05, 0) is 49.7 Å². The van der Waals surface area contributed by atoms with Gasteiger partial charge in [0.2, 0.25) is 0 Å². The first kappa shape index (κ1) is 17.9. The molecule has 0 aliphatic carbocycles. The summed E-state index contributed by atoms with van der Waals surface area (Å²) in [6.07, 6.45) is 3.57. The van der Waals surface area contributed by atoms with E-state index in [-0.39, 0.29) is 12.5 Å². The van der Waals surface area contributed by atoms with E-state index in [2.05, 4.69) is 5.10 Å². The predicted molar refractivity (Wildman–Crippen MR) is 101 cm³/mol. The average molecular weight is 349 g/mol. The second-order valence-electron chi connectivity index (χ2n) is 6.96. The van der Waals surface area contributed by atoms with E-state index in [1.807, 2.05) is 54.7 Å². The van der Waals surface area contributed by atoms with Gasteiger partial charge in [-0.25, -0.2) is 4.68 Å². The largest absolute Gasteiger partial charge is 0.389 e. The fourth-order valence-corrected chi connectivity index (χ4v) is 2.83. The fraction of sp³-hybridized carbons (Fsp3) is 0.238. The minimum absolute atomic E-state index is 0.108. The maximum Gasteiger partial charge on any atom is 0.254 e. The van der Waals surface area contributed by atoms with E-state index in [4.69, 9.17) is 0 Å². The van der Waals surface area contributed by atoms with Gasteiger partial charge in [0.15, 0.2) is 0 Å². The second-order valence-corrected chi connectivity index (χ2v) is 6.96. The maximum atomic E-state index is 13.0. The number of carbonyl (C=O) groups excluding carboxylic acids is 1. The molecule has 0 saturated carbocycles. The van der Waals surface area contributed by atoms with Crippen molar-refractivity contribution in [3.63, 3.8) is 0 Å². The summed E-state index contributed by atoms with van der Waals surface area (Å²) in [5.74, 6) is -0.108. The van der Waals surface area contributed by atoms with Crippen LogP contribution in [0.3, 0.4) is 0 Å². The zero-order valence-electron chi connectivity index (χ0n) is 15.0. The van der Waals surface area contributed by atoms with E-state index in [1.54, 1.807) is 41.8 Å². The molecule has 0 bridgehead atoms. The van der Waals surface area contributed by atoms with Crippen LogP contribution in [-0.4, -0.2) is 37.8 Å². The highest BCUT2D eigenvalue weighted by Crippen LogP contribution is 2.16. The third kappa shape index (κ3) is 4.58. The van der Waals surface area contributed by atoms with Gasteiger partial charge in [0.1, 0.15) is 0 Å². The Morgan fingerprint density at radius 3 is 2.35 bits per heavy atom. The average Bonchev–Trinajstić information content (AvgIpc) is 3.15. The Labute approximate surface area is 153 Å². The molecular weight excluding hydrogens is 326 g/mol. The van der Waals surface area contributed by atoms with Crippen LogP contribution in [0, 0.1) is 0 Å². The van der Waals surface area contributed by atoms with Gasteiger partial charge in [0.05, 0.1) is 11.3 Å². The highest BCUT2D eigenvalue weighted by atomic mass is 16.3. The number of amides is 1. The first-order chi connectivity index (χ1) is 12.4. The topological polar surface area (TPSA) is 58.4 Å². The highest BCUT2D eigenvalue weighted by Gasteiger charge is 2.23. The highest BCUT2D eigenvalue weighted by molar-refractivity contribution is 5.94. The smallest absolute Gasteiger partial charge is 0.254 e. The Balaban J connectivity index is 1.82. The Morgan fingerprint density at radius 2 is 1.77 bits per heavy atom. The van der Waals surface area contributed by atoms with Crippen LogP contribution >= 0.6 is 0 Å². The molecule has 26 heavy (non-hydrogen) atoms. The Hall–Kier alpha value is -2.92. The SMILES string of the molecule is CC(C)(O)CN(Cc1ccccc1)C(=O)c1ccc(-n2cccn2)cc1. The number of rotatable bonds is 6. The van der Waals surface area contributed by atoms with Crippen LogP contribution < -0.4 is 0 Å². The lowest BCUT2D eigenvalue weighted by molar-refractivity contribution is 0.0280. The molecule has 1 amide bonds. The zero-order valence-corrected chi connectivity index (χ0v) is 15.0. The normalized spacial score (nSPS) is 11.3. The Morgan fingerprint density at radius 1 is 1.08 bits per heavy atom. The van der Waals surface area contributed by atoms with Gasteiger partial charge >= 0.3 is 0 Å². The summed E-state index contributed by atoms with van der Waals surface area (Å²) >= 11 is 0. The van der Waals surface area contributed by atoms with Crippen molar-refractivity contribution >= 4 is 5.91 Å². The minimum atomic E-state index is -0.973. The molecule has 0 aliphatic rings. The molecule has 0 saturated heterocycles. The van der Waals surface area contributed by atoms with Gasteiger partial charge in [-0.1, -0.05) is 30.3 Å². The monoisotopic (exact) mass is 349 g/mol. The molecule has 5 nitrogen and oxygen atoms in total. The van der Waals surface area contributed by atoms with E-state index in [1.165, 1.54) is 0 Å². The number of aliphatic hydroxyl groups is 1. The molecular formula is C21H23N3O2. The summed E-state index contributed by atoms with van der Waals surface area (Å²) in [7, 11) is 0. The third-order valence-electron chi connectivity index (χ3n) is 3.96. The molecule has 3 rings (SSSR count). The number of hydrogen-bond acceptors (Lipinski definition) is 3. The van der Waals surface area contributed by atoms with Gasteiger partial charge in [0, 0.05) is 31.0 Å². The van der Waals surface area contributed by atoms with Crippen molar-refractivity contribution in [2.24, 2.45) is 0 Å². The molecule has 5 heteroatoms. The second kappa shape index (κ2) is 7.54. The Kier molecular flexibility index (Phi) is 5.19. The van der Waals surface area contributed by atoms with E-state index in [0.29, 0.717) is 12.1 Å². The van der Waals surface area contributed by atoms with E-state index in [9.17, 15) is 9.90 Å². The summed E-state index contributed by atoms with van der Waals surface area (Å²) < 4.78 is 1.74. The lowest BCUT2D eigenvalue weighted by atomic mass is 10.1. The van der Waals surface area contributed by atoms with Crippen molar-refractivity contribution in [1.82, 2.24) is 14.7 Å². The maximum absolute atomic E-state index is 13.0. The van der Waals surface area contributed by atoms with Crippen molar-refractivity contribution in [1.29, 1.82) is 0 Å². The molecule has 3 aromatic rings. The summed E-state index contributed by atoms with van der Waals surface area (Å²) in [4.78, 5) is 14.7. The van der Waals surface area contributed by atoms with Crippen LogP contribution in [0.4, 0.5) is 0 Å². The van der Waals surface area contributed by atoms with Crippen molar-refractivity contribution in [3.05, 3.63) is 84.2 Å². The summed E-state index contributed by atoms with van der Waals surface area (Å²) in [6, 6.07) is 19.0. The van der Waals surface area contributed by atoms with Crippen molar-refractivity contribution in [2.45, 2.75) is 26.0 Å². The molecule has 0 atom stereocenters. The molecule has 0 aliphatic heterocycles. The molecule has 2 aromatic carbocycles. The quantitative estimate of drug-likeness (QED) is 0.743. The third-order valence-corrected chi connectivity index (χ3v) is 3.96. The van der Waals surface area contributed by atoms with Crippen molar-refractivity contribution in [2.75, 3.05) is 6.54 Å². The lowest BCUT2D eigenvalue weighted by Crippen LogP contribution is -2.41. The van der Waals surface area contributed by atoms with Gasteiger partial charge < -0.3 is 10.0 Å². The van der Waals surface area contributed by atoms with Gasteiger partial charge in [0.25, 0.3) is 5.91 Å². The predicted octanol–water partition coefficient (Wildman–Crippen LogP) is 3.29. The van der Waals surface area contributed by atoms with Crippen molar-refractivity contribution < 1.29 is 9.90 Å². The van der Waals surface area contributed by atoms with Crippen LogP contribution in [0.15, 0.2) is 73.1 Å². The molecule has 0 fully saturated rings. The van der Waals surface area contributed by atoms with Crippen LogP contribution in [0.5, 0.6) is 0 Å². The number of carbonyl (C=O) groups is 1.